The predicted octanol–water partition coefficient (Wildman–Crippen LogP) is 3.13. The van der Waals surface area contributed by atoms with Gasteiger partial charge in [0.1, 0.15) is 0 Å². The summed E-state index contributed by atoms with van der Waals surface area (Å²) in [4.78, 5) is 28.1. The van der Waals surface area contributed by atoms with Gasteiger partial charge in [-0.2, -0.15) is 0 Å². The van der Waals surface area contributed by atoms with Crippen molar-refractivity contribution in [3.05, 3.63) is 47.7 Å². The number of ether oxygens (including phenoxy) is 1. The maximum Gasteiger partial charge on any atom is 0.409 e. The smallest absolute Gasteiger partial charge is 0.409 e. The van der Waals surface area contributed by atoms with Crippen molar-refractivity contribution in [2.45, 2.75) is 26.7 Å². The lowest BCUT2D eigenvalue weighted by molar-refractivity contribution is 0.101. The Morgan fingerprint density at radius 2 is 1.79 bits per heavy atom. The number of hydrogen-bond acceptors (Lipinski definition) is 6. The molecule has 1 saturated heterocycles. The van der Waals surface area contributed by atoms with Crippen LogP contribution in [0, 0.1) is 0 Å². The Balaban J connectivity index is 1.61. The van der Waals surface area contributed by atoms with E-state index in [1.807, 2.05) is 29.2 Å². The molecule has 1 fully saturated rings. The Hall–Kier alpha value is -3.16. The van der Waals surface area contributed by atoms with Crippen molar-refractivity contribution in [3.8, 4) is 0 Å². The fraction of sp³-hybridized carbons (Fsp3) is 0.429. The Morgan fingerprint density at radius 1 is 1.07 bits per heavy atom. The van der Waals surface area contributed by atoms with Gasteiger partial charge in [-0.05, 0) is 36.6 Å². The number of amides is 2. The second kappa shape index (κ2) is 9.36. The van der Waals surface area contributed by atoms with Crippen molar-refractivity contribution in [3.63, 3.8) is 0 Å². The highest BCUT2D eigenvalue weighted by molar-refractivity contribution is 6.03. The zero-order chi connectivity index (χ0) is 20.8. The molecule has 1 aromatic heterocycles. The zero-order valence-electron chi connectivity index (χ0n) is 17.1. The highest BCUT2D eigenvalue weighted by Gasteiger charge is 2.23. The summed E-state index contributed by atoms with van der Waals surface area (Å²) in [5, 5.41) is 11.2. The molecule has 0 unspecified atom stereocenters. The predicted molar refractivity (Wildman–Crippen MR) is 111 cm³/mol. The van der Waals surface area contributed by atoms with Gasteiger partial charge in [-0.3, -0.25) is 4.79 Å². The minimum absolute atomic E-state index is 0.262. The van der Waals surface area contributed by atoms with Crippen LogP contribution in [0.4, 0.5) is 16.3 Å². The van der Waals surface area contributed by atoms with Crippen molar-refractivity contribution < 1.29 is 14.3 Å². The van der Waals surface area contributed by atoms with Gasteiger partial charge < -0.3 is 19.9 Å². The SMILES string of the molecule is CCOC(=O)N1CCN(c2ccc(C(=O)Nc3ccccc3C(C)C)nn2)CC1. The molecule has 1 aliphatic rings. The number of nitrogens with one attached hydrogen (secondary N) is 1. The molecule has 8 heteroatoms. The van der Waals surface area contributed by atoms with Gasteiger partial charge in [0.25, 0.3) is 5.91 Å². The Kier molecular flexibility index (Phi) is 6.64. The van der Waals surface area contributed by atoms with E-state index in [4.69, 9.17) is 4.74 Å². The second-order valence-electron chi connectivity index (χ2n) is 7.15. The number of carbonyl (C=O) groups is 2. The molecule has 1 aliphatic heterocycles. The fourth-order valence-corrected chi connectivity index (χ4v) is 3.25. The number of rotatable bonds is 5. The quantitative estimate of drug-likeness (QED) is 0.834. The van der Waals surface area contributed by atoms with Crippen LogP contribution in [-0.2, 0) is 4.74 Å². The molecule has 1 aromatic carbocycles. The third kappa shape index (κ3) is 5.01. The first-order valence-corrected chi connectivity index (χ1v) is 9.90. The van der Waals surface area contributed by atoms with E-state index in [0.717, 1.165) is 11.3 Å². The molecule has 0 aliphatic carbocycles. The second-order valence-corrected chi connectivity index (χ2v) is 7.15. The average Bonchev–Trinajstić information content (AvgIpc) is 2.74. The normalized spacial score (nSPS) is 14.1. The first kappa shape index (κ1) is 20.6. The fourth-order valence-electron chi connectivity index (χ4n) is 3.25. The van der Waals surface area contributed by atoms with Crippen LogP contribution in [0.3, 0.4) is 0 Å². The Bertz CT molecular complexity index is 846. The van der Waals surface area contributed by atoms with E-state index >= 15 is 0 Å². The molecule has 2 amide bonds. The van der Waals surface area contributed by atoms with Gasteiger partial charge >= 0.3 is 6.09 Å². The summed E-state index contributed by atoms with van der Waals surface area (Å²) in [7, 11) is 0. The number of anilines is 2. The average molecular weight is 397 g/mol. The molecule has 8 nitrogen and oxygen atoms in total. The van der Waals surface area contributed by atoms with E-state index in [1.165, 1.54) is 0 Å². The summed E-state index contributed by atoms with van der Waals surface area (Å²) in [6, 6.07) is 11.2. The lowest BCUT2D eigenvalue weighted by Gasteiger charge is -2.34. The Morgan fingerprint density at radius 3 is 2.41 bits per heavy atom. The lowest BCUT2D eigenvalue weighted by atomic mass is 10.0. The summed E-state index contributed by atoms with van der Waals surface area (Å²) < 4.78 is 5.03. The van der Waals surface area contributed by atoms with Crippen LogP contribution in [0.25, 0.3) is 0 Å². The van der Waals surface area contributed by atoms with Crippen LogP contribution >= 0.6 is 0 Å². The number of para-hydroxylation sites is 1. The molecular weight excluding hydrogens is 370 g/mol. The van der Waals surface area contributed by atoms with Crippen LogP contribution in [-0.4, -0.2) is 59.9 Å². The zero-order valence-corrected chi connectivity index (χ0v) is 17.1. The molecule has 2 heterocycles. The minimum atomic E-state index is -0.288. The van der Waals surface area contributed by atoms with E-state index in [9.17, 15) is 9.59 Å². The van der Waals surface area contributed by atoms with Gasteiger partial charge in [-0.25, -0.2) is 4.79 Å². The van der Waals surface area contributed by atoms with E-state index in [2.05, 4.69) is 29.4 Å². The lowest BCUT2D eigenvalue weighted by Crippen LogP contribution is -2.49. The molecule has 0 spiro atoms. The van der Waals surface area contributed by atoms with Gasteiger partial charge in [0.15, 0.2) is 11.5 Å². The van der Waals surface area contributed by atoms with Crippen LogP contribution in [0.2, 0.25) is 0 Å². The van der Waals surface area contributed by atoms with Gasteiger partial charge in [-0.1, -0.05) is 32.0 Å². The van der Waals surface area contributed by atoms with Crippen molar-refractivity contribution in [2.24, 2.45) is 0 Å². The van der Waals surface area contributed by atoms with Crippen molar-refractivity contribution in [2.75, 3.05) is 43.0 Å². The van der Waals surface area contributed by atoms with E-state index < -0.39 is 0 Å². The maximum absolute atomic E-state index is 12.6. The number of aromatic nitrogens is 2. The largest absolute Gasteiger partial charge is 0.450 e. The maximum atomic E-state index is 12.6. The van der Waals surface area contributed by atoms with Gasteiger partial charge in [0.2, 0.25) is 0 Å². The van der Waals surface area contributed by atoms with Crippen molar-refractivity contribution in [1.29, 1.82) is 0 Å². The van der Waals surface area contributed by atoms with E-state index in [1.54, 1.807) is 24.0 Å². The third-order valence-corrected chi connectivity index (χ3v) is 4.84. The summed E-state index contributed by atoms with van der Waals surface area (Å²) in [5.41, 5.74) is 2.12. The Labute approximate surface area is 170 Å². The highest BCUT2D eigenvalue weighted by Crippen LogP contribution is 2.24. The third-order valence-electron chi connectivity index (χ3n) is 4.84. The molecule has 0 atom stereocenters. The molecule has 3 rings (SSSR count). The molecule has 0 saturated carbocycles. The van der Waals surface area contributed by atoms with Gasteiger partial charge in [-0.15, -0.1) is 10.2 Å². The van der Waals surface area contributed by atoms with Crippen molar-refractivity contribution >= 4 is 23.5 Å². The molecule has 154 valence electrons. The summed E-state index contributed by atoms with van der Waals surface area (Å²) in [6.45, 7) is 8.74. The first-order chi connectivity index (χ1) is 14.0. The highest BCUT2D eigenvalue weighted by atomic mass is 16.6. The number of benzene rings is 1. The molecule has 29 heavy (non-hydrogen) atoms. The molecule has 0 radical (unpaired) electrons. The number of carbonyl (C=O) groups excluding carboxylic acids is 2. The number of nitrogens with zero attached hydrogens (tertiary/aromatic N) is 4. The number of hydrogen-bond donors (Lipinski definition) is 1. The molecule has 2 aromatic rings. The monoisotopic (exact) mass is 397 g/mol. The van der Waals surface area contributed by atoms with Crippen LogP contribution in [0.1, 0.15) is 42.7 Å². The summed E-state index contributed by atoms with van der Waals surface area (Å²) >= 11 is 0. The first-order valence-electron chi connectivity index (χ1n) is 9.90. The molecule has 1 N–H and O–H groups in total. The standard InChI is InChI=1S/C21H27N5O3/c1-4-29-21(28)26-13-11-25(12-14-26)19-10-9-18(23-24-19)20(27)22-17-8-6-5-7-16(17)15(2)3/h5-10,15H,4,11-14H2,1-3H3,(H,22,27). The van der Waals surface area contributed by atoms with Crippen molar-refractivity contribution in [1.82, 2.24) is 15.1 Å². The number of piperazine rings is 1. The van der Waals surface area contributed by atoms with Crippen LogP contribution in [0.5, 0.6) is 0 Å². The molecular formula is C21H27N5O3. The van der Waals surface area contributed by atoms with Gasteiger partial charge in [0.05, 0.1) is 6.61 Å². The van der Waals surface area contributed by atoms with Gasteiger partial charge in [0, 0.05) is 31.9 Å². The topological polar surface area (TPSA) is 87.7 Å². The van der Waals surface area contributed by atoms with E-state index in [-0.39, 0.29) is 17.7 Å². The summed E-state index contributed by atoms with van der Waals surface area (Å²) in [6.07, 6.45) is -0.285. The van der Waals surface area contributed by atoms with Crippen LogP contribution in [0.15, 0.2) is 36.4 Å². The molecule has 0 bridgehead atoms. The summed E-state index contributed by atoms with van der Waals surface area (Å²) in [5.74, 6) is 0.699. The van der Waals surface area contributed by atoms with E-state index in [0.29, 0.717) is 44.5 Å². The minimum Gasteiger partial charge on any atom is -0.450 e. The van der Waals surface area contributed by atoms with Crippen LogP contribution < -0.4 is 10.2 Å².